The van der Waals surface area contributed by atoms with E-state index in [1.165, 1.54) is 22.4 Å². The highest BCUT2D eigenvalue weighted by Crippen LogP contribution is 2.43. The number of methoxy groups -OCH3 is 1. The maximum absolute atomic E-state index is 12.2. The van der Waals surface area contributed by atoms with Crippen molar-refractivity contribution in [2.45, 2.75) is 31.1 Å². The van der Waals surface area contributed by atoms with Gasteiger partial charge in [-0.2, -0.15) is 4.83 Å². The van der Waals surface area contributed by atoms with Crippen molar-refractivity contribution in [1.82, 2.24) is 14.8 Å². The average molecular weight is 444 g/mol. The number of thiophene rings is 1. The van der Waals surface area contributed by atoms with E-state index in [4.69, 9.17) is 9.47 Å². The Labute approximate surface area is 181 Å². The molecule has 2 aromatic heterocycles. The van der Waals surface area contributed by atoms with Crippen LogP contribution in [0.15, 0.2) is 23.4 Å². The number of nitrogens with one attached hydrogen (secondary N) is 3. The first-order valence-electron chi connectivity index (χ1n) is 9.76. The number of ether oxygens (including phenoxy) is 2. The second kappa shape index (κ2) is 7.93. The summed E-state index contributed by atoms with van der Waals surface area (Å²) in [5, 5.41) is 4.49. The number of benzene rings is 1. The zero-order valence-corrected chi connectivity index (χ0v) is 18.2. The van der Waals surface area contributed by atoms with E-state index in [0.29, 0.717) is 13.0 Å². The van der Waals surface area contributed by atoms with E-state index in [0.717, 1.165) is 50.9 Å². The standard InChI is InChI=1S/C20H21N5O3S2/c1-3-28-20(26)10-4-5-11-15(6-10)29-19-17(11)18(21-9-22-19)23-12-8-16-13(24-25-30-16)7-14(12)27-2/h7-10,24-25H,3-6H2,1-2H3,(H,21,22,23). The molecule has 0 radical (unpaired) electrons. The fraction of sp³-hybridized carbons (Fsp3) is 0.350. The molecule has 0 amide bonds. The Hall–Kier alpha value is -2.56. The van der Waals surface area contributed by atoms with Crippen molar-refractivity contribution in [1.29, 1.82) is 0 Å². The molecule has 1 atom stereocenters. The van der Waals surface area contributed by atoms with E-state index < -0.39 is 0 Å². The summed E-state index contributed by atoms with van der Waals surface area (Å²) in [6.07, 6.45) is 3.87. The molecule has 3 aromatic rings. The van der Waals surface area contributed by atoms with Crippen LogP contribution in [-0.4, -0.2) is 29.7 Å². The number of anilines is 3. The molecule has 156 valence electrons. The van der Waals surface area contributed by atoms with Crippen molar-refractivity contribution < 1.29 is 14.3 Å². The van der Waals surface area contributed by atoms with Crippen LogP contribution < -0.4 is 20.3 Å². The predicted molar refractivity (Wildman–Crippen MR) is 118 cm³/mol. The molecular formula is C20H21N5O3S2. The van der Waals surface area contributed by atoms with Gasteiger partial charge in [0.1, 0.15) is 22.7 Å². The summed E-state index contributed by atoms with van der Waals surface area (Å²) in [4.78, 5) is 27.5. The maximum atomic E-state index is 12.2. The number of hydrogen-bond donors (Lipinski definition) is 3. The van der Waals surface area contributed by atoms with Crippen LogP contribution in [0.2, 0.25) is 0 Å². The minimum absolute atomic E-state index is 0.0799. The lowest BCUT2D eigenvalue weighted by atomic mass is 9.88. The van der Waals surface area contributed by atoms with E-state index in [-0.39, 0.29) is 11.9 Å². The van der Waals surface area contributed by atoms with Crippen molar-refractivity contribution >= 4 is 56.7 Å². The van der Waals surface area contributed by atoms with Crippen LogP contribution >= 0.6 is 23.3 Å². The summed E-state index contributed by atoms with van der Waals surface area (Å²) < 4.78 is 10.8. The van der Waals surface area contributed by atoms with Gasteiger partial charge in [0.05, 0.1) is 41.3 Å². The molecule has 10 heteroatoms. The summed E-state index contributed by atoms with van der Waals surface area (Å²) in [5.74, 6) is 1.30. The molecule has 3 N–H and O–H groups in total. The Morgan fingerprint density at radius 1 is 1.37 bits per heavy atom. The highest BCUT2D eigenvalue weighted by Gasteiger charge is 2.30. The Morgan fingerprint density at radius 3 is 3.10 bits per heavy atom. The number of esters is 1. The first kappa shape index (κ1) is 19.4. The normalized spacial score (nSPS) is 17.2. The molecule has 30 heavy (non-hydrogen) atoms. The molecule has 0 spiro atoms. The van der Waals surface area contributed by atoms with Crippen LogP contribution in [0.5, 0.6) is 5.75 Å². The van der Waals surface area contributed by atoms with Crippen LogP contribution in [0.1, 0.15) is 23.8 Å². The number of hydrogen-bond acceptors (Lipinski definition) is 10. The molecule has 2 aliphatic rings. The number of fused-ring (bicyclic) bond motifs is 4. The summed E-state index contributed by atoms with van der Waals surface area (Å²) in [6, 6.07) is 3.99. The van der Waals surface area contributed by atoms with E-state index >= 15 is 0 Å². The number of aromatic nitrogens is 2. The van der Waals surface area contributed by atoms with Crippen molar-refractivity contribution in [3.63, 3.8) is 0 Å². The molecule has 1 aromatic carbocycles. The monoisotopic (exact) mass is 443 g/mol. The lowest BCUT2D eigenvalue weighted by molar-refractivity contribution is -0.148. The van der Waals surface area contributed by atoms with Gasteiger partial charge < -0.3 is 20.2 Å². The number of hydrazine groups is 1. The lowest BCUT2D eigenvalue weighted by Crippen LogP contribution is -2.23. The van der Waals surface area contributed by atoms with Gasteiger partial charge in [-0.25, -0.2) is 9.97 Å². The predicted octanol–water partition coefficient (Wildman–Crippen LogP) is 4.05. The molecule has 8 nitrogen and oxygen atoms in total. The molecule has 0 saturated heterocycles. The number of carbonyl (C=O) groups is 1. The fourth-order valence-electron chi connectivity index (χ4n) is 3.94. The highest BCUT2D eigenvalue weighted by atomic mass is 32.2. The van der Waals surface area contributed by atoms with Gasteiger partial charge in [-0.1, -0.05) is 0 Å². The summed E-state index contributed by atoms with van der Waals surface area (Å²) >= 11 is 3.16. The van der Waals surface area contributed by atoms with Crippen molar-refractivity contribution in [2.75, 3.05) is 24.5 Å². The maximum Gasteiger partial charge on any atom is 0.309 e. The topological polar surface area (TPSA) is 97.4 Å². The van der Waals surface area contributed by atoms with Gasteiger partial charge in [0.2, 0.25) is 0 Å². The van der Waals surface area contributed by atoms with Crippen molar-refractivity contribution in [3.8, 4) is 5.75 Å². The van der Waals surface area contributed by atoms with Crippen LogP contribution in [-0.2, 0) is 22.4 Å². The molecule has 1 aliphatic heterocycles. The summed E-state index contributed by atoms with van der Waals surface area (Å²) in [7, 11) is 1.65. The minimum Gasteiger partial charge on any atom is -0.494 e. The zero-order chi connectivity index (χ0) is 20.7. The number of nitrogens with zero attached hydrogens (tertiary/aromatic N) is 2. The van der Waals surface area contributed by atoms with Crippen LogP contribution in [0, 0.1) is 5.92 Å². The highest BCUT2D eigenvalue weighted by molar-refractivity contribution is 7.98. The number of rotatable bonds is 5. The zero-order valence-electron chi connectivity index (χ0n) is 16.6. The smallest absolute Gasteiger partial charge is 0.309 e. The van der Waals surface area contributed by atoms with Gasteiger partial charge in [0.25, 0.3) is 0 Å². The third-order valence-corrected chi connectivity index (χ3v) is 7.29. The third kappa shape index (κ3) is 3.34. The van der Waals surface area contributed by atoms with Gasteiger partial charge in [-0.05, 0) is 49.8 Å². The van der Waals surface area contributed by atoms with Crippen LogP contribution in [0.25, 0.3) is 10.2 Å². The lowest BCUT2D eigenvalue weighted by Gasteiger charge is -2.21. The first-order valence-corrected chi connectivity index (χ1v) is 11.4. The van der Waals surface area contributed by atoms with E-state index in [1.807, 2.05) is 19.1 Å². The van der Waals surface area contributed by atoms with E-state index in [2.05, 4.69) is 25.5 Å². The third-order valence-electron chi connectivity index (χ3n) is 5.37. The molecular weight excluding hydrogens is 422 g/mol. The first-order chi connectivity index (χ1) is 14.7. The largest absolute Gasteiger partial charge is 0.494 e. The molecule has 0 fully saturated rings. The summed E-state index contributed by atoms with van der Waals surface area (Å²) in [6.45, 7) is 2.26. The number of aryl methyl sites for hydroxylation is 1. The van der Waals surface area contributed by atoms with Crippen LogP contribution in [0.3, 0.4) is 0 Å². The number of carbonyl (C=O) groups excluding carboxylic acids is 1. The van der Waals surface area contributed by atoms with Crippen molar-refractivity contribution in [2.24, 2.45) is 5.92 Å². The van der Waals surface area contributed by atoms with E-state index in [1.54, 1.807) is 24.8 Å². The van der Waals surface area contributed by atoms with Gasteiger partial charge in [0, 0.05) is 10.9 Å². The Bertz CT molecular complexity index is 1130. The molecule has 5 rings (SSSR count). The molecule has 0 bridgehead atoms. The van der Waals surface area contributed by atoms with Gasteiger partial charge in [-0.3, -0.25) is 4.79 Å². The van der Waals surface area contributed by atoms with E-state index in [9.17, 15) is 4.79 Å². The fourth-order valence-corrected chi connectivity index (χ4v) is 5.87. The van der Waals surface area contributed by atoms with Crippen LogP contribution in [0.4, 0.5) is 17.2 Å². The Balaban J connectivity index is 1.51. The minimum atomic E-state index is -0.104. The van der Waals surface area contributed by atoms with Gasteiger partial charge in [-0.15, -0.1) is 11.3 Å². The Kier molecular flexibility index (Phi) is 5.13. The molecule has 0 saturated carbocycles. The SMILES string of the molecule is CCOC(=O)C1CCc2c(sc3ncnc(Nc4cc5c(cc4OC)NNS5)c23)C1. The molecule has 3 heterocycles. The second-order valence-corrected chi connectivity index (χ2v) is 9.03. The Morgan fingerprint density at radius 2 is 2.27 bits per heavy atom. The van der Waals surface area contributed by atoms with Gasteiger partial charge in [0.15, 0.2) is 0 Å². The quantitative estimate of drug-likeness (QED) is 0.398. The molecule has 1 aliphatic carbocycles. The van der Waals surface area contributed by atoms with Gasteiger partial charge >= 0.3 is 5.97 Å². The average Bonchev–Trinajstić information content (AvgIpc) is 3.36. The second-order valence-electron chi connectivity index (χ2n) is 7.10. The van der Waals surface area contributed by atoms with Crippen molar-refractivity contribution in [3.05, 3.63) is 28.9 Å². The molecule has 1 unspecified atom stereocenters. The summed E-state index contributed by atoms with van der Waals surface area (Å²) in [5.41, 5.74) is 6.15.